The second kappa shape index (κ2) is 3.95. The molecule has 0 amide bonds. The number of benzene rings is 1. The van der Waals surface area contributed by atoms with Gasteiger partial charge in [0, 0.05) is 10.0 Å². The first-order valence-corrected chi connectivity index (χ1v) is 4.82. The molecule has 1 rings (SSSR count). The van der Waals surface area contributed by atoms with Crippen LogP contribution in [-0.4, -0.2) is 0 Å². The smallest absolute Gasteiger partial charge is 0.206 e. The molecule has 0 aliphatic carbocycles. The second-order valence-corrected chi connectivity index (χ2v) is 4.09. The highest BCUT2D eigenvalue weighted by Gasteiger charge is 2.15. The van der Waals surface area contributed by atoms with Gasteiger partial charge < -0.3 is 0 Å². The molecule has 0 N–H and O–H groups in total. The maximum absolute atomic E-state index is 12.8. The maximum Gasteiger partial charge on any atom is 0.265 e. The van der Waals surface area contributed by atoms with E-state index in [9.17, 15) is 13.2 Å². The highest BCUT2D eigenvalue weighted by Crippen LogP contribution is 2.29. The summed E-state index contributed by atoms with van der Waals surface area (Å²) in [5, 5.41) is 0. The van der Waals surface area contributed by atoms with Crippen LogP contribution in [0.2, 0.25) is 0 Å². The lowest BCUT2D eigenvalue weighted by Gasteiger charge is -2.04. The van der Waals surface area contributed by atoms with E-state index in [1.54, 1.807) is 22.6 Å². The van der Waals surface area contributed by atoms with Crippen LogP contribution < -0.4 is 0 Å². The predicted molar refractivity (Wildman–Crippen MR) is 51.8 cm³/mol. The lowest BCUT2D eigenvalue weighted by Crippen LogP contribution is -1.93. The number of rotatable bonds is 1. The van der Waals surface area contributed by atoms with Gasteiger partial charge in [-0.05, 0) is 34.7 Å². The van der Waals surface area contributed by atoms with Gasteiger partial charge in [-0.2, -0.15) is 0 Å². The van der Waals surface area contributed by atoms with Gasteiger partial charge in [0.2, 0.25) is 0 Å². The van der Waals surface area contributed by atoms with E-state index >= 15 is 0 Å². The first-order chi connectivity index (χ1) is 5.52. The van der Waals surface area contributed by atoms with Crippen molar-refractivity contribution in [2.45, 2.75) is 6.43 Å². The summed E-state index contributed by atoms with van der Waals surface area (Å²) in [6.45, 7) is 0. The predicted octanol–water partition coefficient (Wildman–Crippen LogP) is 4.13. The van der Waals surface area contributed by atoms with Crippen molar-refractivity contribution in [3.8, 4) is 0 Å². The minimum atomic E-state index is -2.64. The maximum atomic E-state index is 12.8. The molecule has 5 heteroatoms. The molecule has 0 unspecified atom stereocenters. The lowest BCUT2D eigenvalue weighted by molar-refractivity contribution is 0.150. The van der Waals surface area contributed by atoms with Gasteiger partial charge in [-0.25, -0.2) is 13.2 Å². The zero-order valence-electron chi connectivity index (χ0n) is 5.62. The number of hydrogen-bond donors (Lipinski definition) is 0. The number of halogens is 5. The van der Waals surface area contributed by atoms with E-state index in [2.05, 4.69) is 15.9 Å². The summed E-state index contributed by atoms with van der Waals surface area (Å²) in [6.07, 6.45) is -2.64. The van der Waals surface area contributed by atoms with E-state index in [4.69, 9.17) is 0 Å². The average molecular weight is 351 g/mol. The van der Waals surface area contributed by atoms with Gasteiger partial charge in [-0.3, -0.25) is 0 Å². The van der Waals surface area contributed by atoms with Gasteiger partial charge in [0.15, 0.2) is 0 Å². The fourth-order valence-electron chi connectivity index (χ4n) is 0.735. The second-order valence-electron chi connectivity index (χ2n) is 2.09. The van der Waals surface area contributed by atoms with Crippen LogP contribution >= 0.6 is 38.5 Å². The Morgan fingerprint density at radius 1 is 1.33 bits per heavy atom. The Labute approximate surface area is 89.4 Å². The Kier molecular flexibility index (Phi) is 3.39. The van der Waals surface area contributed by atoms with E-state index in [-0.39, 0.29) is 9.13 Å². The van der Waals surface area contributed by atoms with Crippen molar-refractivity contribution in [3.63, 3.8) is 0 Å². The average Bonchev–Trinajstić information content (AvgIpc) is 1.96. The summed E-state index contributed by atoms with van der Waals surface area (Å²) in [5.41, 5.74) is -0.275. The van der Waals surface area contributed by atoms with Gasteiger partial charge in [-0.1, -0.05) is 15.9 Å². The van der Waals surface area contributed by atoms with Crippen molar-refractivity contribution >= 4 is 38.5 Å². The standard InChI is InChI=1S/C7H3BrF3I/c8-3-1-4(7(10)11)6(12)5(9)2-3/h1-2,7H. The first-order valence-electron chi connectivity index (χ1n) is 2.95. The third-order valence-corrected chi connectivity index (χ3v) is 2.85. The van der Waals surface area contributed by atoms with Crippen molar-refractivity contribution in [1.29, 1.82) is 0 Å². The van der Waals surface area contributed by atoms with Crippen LogP contribution in [0.15, 0.2) is 16.6 Å². The van der Waals surface area contributed by atoms with Gasteiger partial charge >= 0.3 is 0 Å². The zero-order valence-corrected chi connectivity index (χ0v) is 9.37. The molecule has 0 aliphatic heterocycles. The zero-order chi connectivity index (χ0) is 9.30. The fraction of sp³-hybridized carbons (Fsp3) is 0.143. The molecule has 0 radical (unpaired) electrons. The molecular weight excluding hydrogens is 348 g/mol. The van der Waals surface area contributed by atoms with Crippen LogP contribution in [0, 0.1) is 9.39 Å². The summed E-state index contributed by atoms with van der Waals surface area (Å²) >= 11 is 4.50. The fourth-order valence-corrected chi connectivity index (χ4v) is 1.73. The van der Waals surface area contributed by atoms with E-state index < -0.39 is 12.2 Å². The van der Waals surface area contributed by atoms with Crippen LogP contribution in [0.1, 0.15) is 12.0 Å². The number of hydrogen-bond acceptors (Lipinski definition) is 0. The highest BCUT2D eigenvalue weighted by molar-refractivity contribution is 14.1. The molecule has 0 bridgehead atoms. The molecule has 0 heterocycles. The van der Waals surface area contributed by atoms with Gasteiger partial charge in [-0.15, -0.1) is 0 Å². The molecule has 1 aromatic rings. The van der Waals surface area contributed by atoms with E-state index in [0.717, 1.165) is 6.07 Å². The molecule has 0 saturated heterocycles. The molecule has 0 atom stereocenters. The Bertz CT molecular complexity index is 301. The Morgan fingerprint density at radius 2 is 1.92 bits per heavy atom. The Hall–Kier alpha value is 0.220. The quantitative estimate of drug-likeness (QED) is 0.527. The van der Waals surface area contributed by atoms with Crippen molar-refractivity contribution in [3.05, 3.63) is 31.6 Å². The Morgan fingerprint density at radius 3 is 2.42 bits per heavy atom. The van der Waals surface area contributed by atoms with Crippen LogP contribution in [-0.2, 0) is 0 Å². The van der Waals surface area contributed by atoms with E-state index in [1.165, 1.54) is 6.07 Å². The third-order valence-electron chi connectivity index (χ3n) is 1.26. The van der Waals surface area contributed by atoms with Crippen molar-refractivity contribution < 1.29 is 13.2 Å². The molecule has 0 aliphatic rings. The van der Waals surface area contributed by atoms with Crippen LogP contribution in [0.3, 0.4) is 0 Å². The van der Waals surface area contributed by atoms with Crippen LogP contribution in [0.4, 0.5) is 13.2 Å². The molecule has 0 spiro atoms. The van der Waals surface area contributed by atoms with Gasteiger partial charge in [0.1, 0.15) is 5.82 Å². The summed E-state index contributed by atoms with van der Waals surface area (Å²) in [6, 6.07) is 2.38. The summed E-state index contributed by atoms with van der Waals surface area (Å²) in [4.78, 5) is 0. The monoisotopic (exact) mass is 350 g/mol. The summed E-state index contributed by atoms with van der Waals surface area (Å²) < 4.78 is 37.5. The van der Waals surface area contributed by atoms with E-state index in [0.29, 0.717) is 4.47 Å². The first kappa shape index (κ1) is 10.3. The van der Waals surface area contributed by atoms with Crippen LogP contribution in [0.5, 0.6) is 0 Å². The summed E-state index contributed by atoms with van der Waals surface area (Å²) in [7, 11) is 0. The van der Waals surface area contributed by atoms with Crippen LogP contribution in [0.25, 0.3) is 0 Å². The SMILES string of the molecule is Fc1cc(Br)cc(C(F)F)c1I. The molecule has 0 nitrogen and oxygen atoms in total. The van der Waals surface area contributed by atoms with Gasteiger partial charge in [0.05, 0.1) is 3.57 Å². The molecule has 12 heavy (non-hydrogen) atoms. The largest absolute Gasteiger partial charge is 0.265 e. The molecular formula is C7H3BrF3I. The van der Waals surface area contributed by atoms with Crippen molar-refractivity contribution in [2.24, 2.45) is 0 Å². The molecule has 0 fully saturated rings. The molecule has 0 aromatic heterocycles. The number of alkyl halides is 2. The topological polar surface area (TPSA) is 0 Å². The minimum Gasteiger partial charge on any atom is -0.206 e. The van der Waals surface area contributed by atoms with Crippen molar-refractivity contribution in [2.75, 3.05) is 0 Å². The Balaban J connectivity index is 3.28. The molecule has 0 saturated carbocycles. The highest BCUT2D eigenvalue weighted by atomic mass is 127. The molecule has 66 valence electrons. The minimum absolute atomic E-state index is 0.0224. The van der Waals surface area contributed by atoms with Crippen molar-refractivity contribution in [1.82, 2.24) is 0 Å². The lowest BCUT2D eigenvalue weighted by atomic mass is 10.2. The molecule has 1 aromatic carbocycles. The summed E-state index contributed by atoms with van der Waals surface area (Å²) in [5.74, 6) is -0.625. The normalized spacial score (nSPS) is 10.8. The third kappa shape index (κ3) is 2.12. The van der Waals surface area contributed by atoms with E-state index in [1.807, 2.05) is 0 Å². The van der Waals surface area contributed by atoms with Gasteiger partial charge in [0.25, 0.3) is 6.43 Å².